The van der Waals surface area contributed by atoms with Gasteiger partial charge in [0, 0.05) is 47.8 Å². The molecular formula is C23H36N6O5S. The number of carbonyl (C=O) groups is 4. The average Bonchev–Trinajstić information content (AvgIpc) is 3.52. The van der Waals surface area contributed by atoms with E-state index in [9.17, 15) is 24.3 Å². The van der Waals surface area contributed by atoms with E-state index in [4.69, 9.17) is 0 Å². The van der Waals surface area contributed by atoms with Crippen LogP contribution in [-0.4, -0.2) is 108 Å². The van der Waals surface area contributed by atoms with E-state index >= 15 is 0 Å². The Morgan fingerprint density at radius 3 is 2.66 bits per heavy atom. The number of likely N-dealkylation sites (N-methyl/N-ethyl adjacent to an activating group) is 2. The first-order valence-electron chi connectivity index (χ1n) is 12.3. The van der Waals surface area contributed by atoms with Gasteiger partial charge >= 0.3 is 5.97 Å². The number of amides is 3. The van der Waals surface area contributed by atoms with Gasteiger partial charge in [-0.3, -0.25) is 14.4 Å². The van der Waals surface area contributed by atoms with Crippen molar-refractivity contribution in [3.05, 3.63) is 10.6 Å². The molecule has 7 atom stereocenters. The predicted octanol–water partition coefficient (Wildman–Crippen LogP) is -1.23. The molecule has 3 saturated heterocycles. The topological polar surface area (TPSA) is 143 Å². The van der Waals surface area contributed by atoms with Crippen LogP contribution in [0, 0.1) is 11.8 Å². The minimum absolute atomic E-state index is 0.0402. The van der Waals surface area contributed by atoms with Crippen molar-refractivity contribution < 1.29 is 24.3 Å². The Labute approximate surface area is 209 Å². The van der Waals surface area contributed by atoms with Crippen LogP contribution in [0.1, 0.15) is 26.7 Å². The highest BCUT2D eigenvalue weighted by atomic mass is 32.2. The summed E-state index contributed by atoms with van der Waals surface area (Å²) in [7, 11) is 3.58. The zero-order chi connectivity index (χ0) is 25.4. The maximum absolute atomic E-state index is 13.0. The van der Waals surface area contributed by atoms with E-state index in [0.717, 1.165) is 13.0 Å². The van der Waals surface area contributed by atoms with Crippen molar-refractivity contribution >= 4 is 35.5 Å². The summed E-state index contributed by atoms with van der Waals surface area (Å²) in [6, 6.07) is -0.643. The van der Waals surface area contributed by atoms with E-state index in [0.29, 0.717) is 30.5 Å². The molecule has 0 aromatic heterocycles. The summed E-state index contributed by atoms with van der Waals surface area (Å²) >= 11 is 1.48. The molecule has 194 valence electrons. The van der Waals surface area contributed by atoms with Crippen LogP contribution in [0.4, 0.5) is 0 Å². The largest absolute Gasteiger partial charge is 0.477 e. The molecule has 0 aromatic rings. The highest BCUT2D eigenvalue weighted by molar-refractivity contribution is 8.03. The lowest BCUT2D eigenvalue weighted by Gasteiger charge is -2.47. The monoisotopic (exact) mass is 508 g/mol. The first kappa shape index (κ1) is 25.9. The van der Waals surface area contributed by atoms with Crippen LogP contribution in [0.5, 0.6) is 0 Å². The Kier molecular flexibility index (Phi) is 7.74. The van der Waals surface area contributed by atoms with E-state index in [1.807, 2.05) is 18.9 Å². The summed E-state index contributed by atoms with van der Waals surface area (Å²) in [5.74, 6) is -2.12. The highest BCUT2D eigenvalue weighted by Gasteiger charge is 2.60. The molecule has 4 heterocycles. The number of carboxylic acids is 1. The van der Waals surface area contributed by atoms with Crippen molar-refractivity contribution in [2.75, 3.05) is 40.3 Å². The number of likely N-dealkylation sites (tertiary alicyclic amines) is 1. The van der Waals surface area contributed by atoms with E-state index in [2.05, 4.69) is 21.3 Å². The van der Waals surface area contributed by atoms with Crippen molar-refractivity contribution in [3.63, 3.8) is 0 Å². The zero-order valence-electron chi connectivity index (χ0n) is 20.7. The number of rotatable bonds is 9. The van der Waals surface area contributed by atoms with Crippen LogP contribution in [-0.2, 0) is 19.2 Å². The molecule has 4 rings (SSSR count). The van der Waals surface area contributed by atoms with E-state index < -0.39 is 17.9 Å². The fourth-order valence-corrected chi connectivity index (χ4v) is 7.31. The van der Waals surface area contributed by atoms with Gasteiger partial charge in [0.2, 0.25) is 17.7 Å². The number of nitrogens with zero attached hydrogens (tertiary/aromatic N) is 2. The summed E-state index contributed by atoms with van der Waals surface area (Å²) in [6.07, 6.45) is 1.56. The molecule has 12 heteroatoms. The van der Waals surface area contributed by atoms with E-state index in [1.54, 1.807) is 14.0 Å². The Hall–Kier alpha value is -2.15. The summed E-state index contributed by atoms with van der Waals surface area (Å²) in [5.41, 5.74) is 0.0497. The van der Waals surface area contributed by atoms with Crippen LogP contribution in [0.2, 0.25) is 0 Å². The van der Waals surface area contributed by atoms with Gasteiger partial charge in [-0.05, 0) is 33.9 Å². The number of hydrogen-bond donors (Lipinski definition) is 5. The summed E-state index contributed by atoms with van der Waals surface area (Å²) in [5, 5.41) is 22.2. The van der Waals surface area contributed by atoms with Gasteiger partial charge in [-0.1, -0.05) is 6.92 Å². The van der Waals surface area contributed by atoms with Crippen LogP contribution in [0.3, 0.4) is 0 Å². The molecule has 4 aliphatic heterocycles. The minimum atomic E-state index is -1.12. The number of nitrogens with one attached hydrogen (secondary N) is 4. The molecule has 5 N–H and O–H groups in total. The first-order chi connectivity index (χ1) is 16.7. The van der Waals surface area contributed by atoms with Crippen LogP contribution >= 0.6 is 11.8 Å². The van der Waals surface area contributed by atoms with Gasteiger partial charge < -0.3 is 36.2 Å². The molecule has 0 bridgehead atoms. The third-order valence-corrected chi connectivity index (χ3v) is 9.16. The SMILES string of the molecule is CNCC(=O)N[C@H](C)[C@H]1C(=O)N2C(C(=O)O)=C(S[C@@H]3CN[C@H](C(=O)N4CCC(NC)C4)C3)[C@H](C)[C@H]12. The molecule has 0 aliphatic carbocycles. The van der Waals surface area contributed by atoms with Gasteiger partial charge in [0.25, 0.3) is 0 Å². The molecular weight excluding hydrogens is 472 g/mol. The van der Waals surface area contributed by atoms with Crippen molar-refractivity contribution in [1.82, 2.24) is 31.1 Å². The fourth-order valence-electron chi connectivity index (χ4n) is 5.83. The average molecular weight is 509 g/mol. The summed E-state index contributed by atoms with van der Waals surface area (Å²) in [4.78, 5) is 54.1. The second kappa shape index (κ2) is 10.5. The number of carboxylic acid groups (broad SMARTS) is 1. The Morgan fingerprint density at radius 2 is 2.03 bits per heavy atom. The maximum atomic E-state index is 13.0. The Bertz CT molecular complexity index is 928. The Morgan fingerprint density at radius 1 is 1.29 bits per heavy atom. The third-order valence-electron chi connectivity index (χ3n) is 7.65. The van der Waals surface area contributed by atoms with Crippen LogP contribution in [0.15, 0.2) is 10.6 Å². The quantitative estimate of drug-likeness (QED) is 0.242. The number of aliphatic carboxylic acids is 1. The number of thioether (sulfide) groups is 1. The standard InChI is InChI=1S/C23H36N6O5S/c1-11-18-17(12(2)27-16(30)9-24-3)22(32)29(18)19(23(33)34)20(11)35-14-7-15(26-8-14)21(31)28-6-5-13(10-28)25-4/h11-15,17-18,24-26H,5-10H2,1-4H3,(H,27,30)(H,33,34)/t11-,12-,13?,14+,15+,17-,18-/m1/s1. The molecule has 11 nitrogen and oxygen atoms in total. The third kappa shape index (κ3) is 4.81. The van der Waals surface area contributed by atoms with Crippen LogP contribution in [0.25, 0.3) is 0 Å². The lowest BCUT2D eigenvalue weighted by molar-refractivity contribution is -0.158. The lowest BCUT2D eigenvalue weighted by atomic mass is 9.78. The second-order valence-corrected chi connectivity index (χ2v) is 11.3. The smallest absolute Gasteiger partial charge is 0.353 e. The van der Waals surface area contributed by atoms with Crippen molar-refractivity contribution in [2.24, 2.45) is 11.8 Å². The number of carbonyl (C=O) groups excluding carboxylic acids is 3. The van der Waals surface area contributed by atoms with Gasteiger partial charge in [-0.2, -0.15) is 0 Å². The zero-order valence-corrected chi connectivity index (χ0v) is 21.5. The van der Waals surface area contributed by atoms with Gasteiger partial charge in [-0.25, -0.2) is 4.79 Å². The van der Waals surface area contributed by atoms with Crippen LogP contribution < -0.4 is 21.3 Å². The molecule has 3 amide bonds. The van der Waals surface area contributed by atoms with Crippen molar-refractivity contribution in [3.8, 4) is 0 Å². The molecule has 35 heavy (non-hydrogen) atoms. The van der Waals surface area contributed by atoms with E-state index in [1.165, 1.54) is 16.7 Å². The fraction of sp³-hybridized carbons (Fsp3) is 0.739. The molecule has 0 radical (unpaired) electrons. The summed E-state index contributed by atoms with van der Waals surface area (Å²) < 4.78 is 0. The van der Waals surface area contributed by atoms with E-state index in [-0.39, 0.29) is 53.2 Å². The van der Waals surface area contributed by atoms with Crippen molar-refractivity contribution in [2.45, 2.75) is 56.1 Å². The minimum Gasteiger partial charge on any atom is -0.477 e. The van der Waals surface area contributed by atoms with Gasteiger partial charge in [-0.15, -0.1) is 11.8 Å². The second-order valence-electron chi connectivity index (χ2n) is 9.91. The lowest BCUT2D eigenvalue weighted by Crippen LogP contribution is -2.66. The molecule has 3 fully saturated rings. The molecule has 1 unspecified atom stereocenters. The highest BCUT2D eigenvalue weighted by Crippen LogP contribution is 2.51. The number of fused-ring (bicyclic) bond motifs is 1. The van der Waals surface area contributed by atoms with Crippen molar-refractivity contribution in [1.29, 1.82) is 0 Å². The van der Waals surface area contributed by atoms with Gasteiger partial charge in [0.05, 0.1) is 24.5 Å². The predicted molar refractivity (Wildman–Crippen MR) is 131 cm³/mol. The Balaban J connectivity index is 1.42. The summed E-state index contributed by atoms with van der Waals surface area (Å²) in [6.45, 7) is 5.95. The first-order valence-corrected chi connectivity index (χ1v) is 13.2. The molecule has 4 aliphatic rings. The molecule has 0 spiro atoms. The number of hydrogen-bond acceptors (Lipinski definition) is 8. The number of β-lactam (4-membered cyclic amide) rings is 1. The van der Waals surface area contributed by atoms with Gasteiger partial charge in [0.1, 0.15) is 5.70 Å². The molecule has 0 aromatic carbocycles. The normalized spacial score (nSPS) is 33.1. The van der Waals surface area contributed by atoms with Gasteiger partial charge in [0.15, 0.2) is 0 Å². The maximum Gasteiger partial charge on any atom is 0.353 e. The molecule has 0 saturated carbocycles.